The average Bonchev–Trinajstić information content (AvgIpc) is 2.87. The van der Waals surface area contributed by atoms with Crippen LogP contribution >= 0.6 is 35.6 Å². The first kappa shape index (κ1) is 27.4. The van der Waals surface area contributed by atoms with Crippen LogP contribution in [0.25, 0.3) is 16.3 Å². The first-order chi connectivity index (χ1) is 16.5. The molecular formula is C28H31Cl3N2O2. The summed E-state index contributed by atoms with van der Waals surface area (Å²) in [6, 6.07) is 17.9. The Hall–Kier alpha value is -2.20. The van der Waals surface area contributed by atoms with Crippen LogP contribution in [-0.2, 0) is 4.79 Å². The summed E-state index contributed by atoms with van der Waals surface area (Å²) in [6.45, 7) is 5.72. The predicted octanol–water partition coefficient (Wildman–Crippen LogP) is 7.17. The fourth-order valence-electron chi connectivity index (χ4n) is 4.79. The van der Waals surface area contributed by atoms with Crippen molar-refractivity contribution >= 4 is 63.6 Å². The molecule has 186 valence electrons. The Morgan fingerprint density at radius 2 is 1.83 bits per heavy atom. The van der Waals surface area contributed by atoms with Gasteiger partial charge in [0.15, 0.2) is 0 Å². The number of hydrogen-bond acceptors (Lipinski definition) is 4. The van der Waals surface area contributed by atoms with Gasteiger partial charge in [0.25, 0.3) is 0 Å². The average molecular weight is 534 g/mol. The van der Waals surface area contributed by atoms with Crippen LogP contribution in [0.4, 0.5) is 5.69 Å². The van der Waals surface area contributed by atoms with Crippen LogP contribution in [-0.4, -0.2) is 50.2 Å². The van der Waals surface area contributed by atoms with Crippen LogP contribution in [0.15, 0.2) is 54.6 Å². The molecule has 1 heterocycles. The highest BCUT2D eigenvalue weighted by molar-refractivity contribution is 6.37. The number of rotatable bonds is 8. The number of methoxy groups -OCH3 is 1. The minimum atomic E-state index is 0. The van der Waals surface area contributed by atoms with E-state index in [9.17, 15) is 4.79 Å². The molecule has 1 unspecified atom stereocenters. The summed E-state index contributed by atoms with van der Waals surface area (Å²) in [6.07, 6.45) is 3.07. The van der Waals surface area contributed by atoms with E-state index in [0.717, 1.165) is 78.1 Å². The number of carbonyl (C=O) groups excluding carboxylic acids is 1. The van der Waals surface area contributed by atoms with Gasteiger partial charge in [-0.15, -0.1) is 12.4 Å². The number of ether oxygens (including phenoxy) is 1. The summed E-state index contributed by atoms with van der Waals surface area (Å²) in [4.78, 5) is 17.1. The van der Waals surface area contributed by atoms with Crippen LogP contribution in [0.2, 0.25) is 10.0 Å². The Balaban J connectivity index is 0.00000342. The summed E-state index contributed by atoms with van der Waals surface area (Å²) < 4.78 is 5.34. The van der Waals surface area contributed by atoms with Gasteiger partial charge in [-0.1, -0.05) is 67.2 Å². The number of halogens is 3. The molecule has 0 N–H and O–H groups in total. The third-order valence-corrected chi connectivity index (χ3v) is 7.28. The molecule has 4 nitrogen and oxygen atoms in total. The highest BCUT2D eigenvalue weighted by atomic mass is 35.5. The van der Waals surface area contributed by atoms with Gasteiger partial charge in [0.05, 0.1) is 17.7 Å². The third-order valence-electron chi connectivity index (χ3n) is 6.65. The molecule has 0 aromatic heterocycles. The van der Waals surface area contributed by atoms with E-state index in [2.05, 4.69) is 28.7 Å². The maximum atomic E-state index is 12.3. The van der Waals surface area contributed by atoms with E-state index in [1.54, 1.807) is 7.11 Å². The number of piperazine rings is 1. The second-order valence-electron chi connectivity index (χ2n) is 8.69. The van der Waals surface area contributed by atoms with Gasteiger partial charge >= 0.3 is 0 Å². The maximum absolute atomic E-state index is 12.3. The van der Waals surface area contributed by atoms with E-state index in [1.807, 2.05) is 48.5 Å². The van der Waals surface area contributed by atoms with E-state index in [4.69, 9.17) is 27.9 Å². The van der Waals surface area contributed by atoms with Crippen LogP contribution in [0.3, 0.4) is 0 Å². The second-order valence-corrected chi connectivity index (χ2v) is 9.51. The highest BCUT2D eigenvalue weighted by Crippen LogP contribution is 2.35. The zero-order valence-corrected chi connectivity index (χ0v) is 22.4. The summed E-state index contributed by atoms with van der Waals surface area (Å²) in [5.41, 5.74) is 2.77. The Labute approximate surface area is 223 Å². The lowest BCUT2D eigenvalue weighted by molar-refractivity contribution is 0.212. The van der Waals surface area contributed by atoms with Gasteiger partial charge in [0, 0.05) is 48.3 Å². The number of fused-ring (bicyclic) bond motifs is 1. The molecule has 0 radical (unpaired) electrons. The van der Waals surface area contributed by atoms with E-state index < -0.39 is 0 Å². The molecule has 7 heteroatoms. The summed E-state index contributed by atoms with van der Waals surface area (Å²) in [5.74, 6) is 2.96. The SMILES string of the molecule is CCCCC(C(=C=O)c1ccc2c(Cl)c(OC)ccc2c1)N1CCN(c2cccc(Cl)c2)CC1.Cl. The minimum absolute atomic E-state index is 0. The lowest BCUT2D eigenvalue weighted by Gasteiger charge is -2.40. The topological polar surface area (TPSA) is 32.8 Å². The van der Waals surface area contributed by atoms with Gasteiger partial charge in [-0.05, 0) is 47.7 Å². The quantitative estimate of drug-likeness (QED) is 0.287. The summed E-state index contributed by atoms with van der Waals surface area (Å²) >= 11 is 12.7. The Morgan fingerprint density at radius 3 is 2.49 bits per heavy atom. The van der Waals surface area contributed by atoms with Crippen LogP contribution in [0.5, 0.6) is 5.75 Å². The molecule has 3 aromatic carbocycles. The van der Waals surface area contributed by atoms with Crippen molar-refractivity contribution < 1.29 is 9.53 Å². The van der Waals surface area contributed by atoms with Gasteiger partial charge in [-0.25, -0.2) is 4.79 Å². The van der Waals surface area contributed by atoms with Crippen molar-refractivity contribution in [3.63, 3.8) is 0 Å². The van der Waals surface area contributed by atoms with Crippen molar-refractivity contribution in [1.29, 1.82) is 0 Å². The highest BCUT2D eigenvalue weighted by Gasteiger charge is 2.28. The van der Waals surface area contributed by atoms with E-state index in [-0.39, 0.29) is 18.4 Å². The van der Waals surface area contributed by atoms with Gasteiger partial charge in [0.2, 0.25) is 0 Å². The number of unbranched alkanes of at least 4 members (excludes halogenated alkanes) is 1. The molecule has 1 atom stereocenters. The maximum Gasteiger partial charge on any atom is 0.138 e. The number of nitrogens with zero attached hydrogens (tertiary/aromatic N) is 2. The molecule has 0 aliphatic carbocycles. The lowest BCUT2D eigenvalue weighted by Crippen LogP contribution is -2.50. The Bertz CT molecular complexity index is 1200. The number of benzene rings is 3. The monoisotopic (exact) mass is 532 g/mol. The third kappa shape index (κ3) is 6.14. The molecule has 1 fully saturated rings. The second kappa shape index (κ2) is 12.7. The summed E-state index contributed by atoms with van der Waals surface area (Å²) in [7, 11) is 1.61. The minimum Gasteiger partial charge on any atom is -0.495 e. The largest absolute Gasteiger partial charge is 0.495 e. The molecule has 1 aliphatic heterocycles. The Morgan fingerprint density at radius 1 is 1.06 bits per heavy atom. The predicted molar refractivity (Wildman–Crippen MR) is 150 cm³/mol. The zero-order valence-electron chi connectivity index (χ0n) is 20.1. The van der Waals surface area contributed by atoms with Crippen LogP contribution in [0.1, 0.15) is 31.7 Å². The molecule has 0 saturated carbocycles. The lowest BCUT2D eigenvalue weighted by atomic mass is 9.92. The molecular weight excluding hydrogens is 503 g/mol. The van der Waals surface area contributed by atoms with Crippen molar-refractivity contribution in [3.05, 3.63) is 70.2 Å². The molecule has 1 saturated heterocycles. The first-order valence-electron chi connectivity index (χ1n) is 11.8. The molecule has 1 aliphatic rings. The molecule has 0 bridgehead atoms. The fraction of sp³-hybridized carbons (Fsp3) is 0.357. The Kier molecular flexibility index (Phi) is 9.91. The number of anilines is 1. The molecule has 35 heavy (non-hydrogen) atoms. The van der Waals surface area contributed by atoms with Crippen molar-refractivity contribution in [2.45, 2.75) is 32.2 Å². The summed E-state index contributed by atoms with van der Waals surface area (Å²) in [5, 5.41) is 3.23. The first-order valence-corrected chi connectivity index (χ1v) is 12.6. The van der Waals surface area contributed by atoms with Crippen LogP contribution < -0.4 is 9.64 Å². The smallest absolute Gasteiger partial charge is 0.138 e. The standard InChI is InChI=1S/C28H30Cl2N2O2.ClH/c1-3-4-8-26(32-15-13-31(14-16-32)23-7-5-6-22(29)18-23)25(19-33)21-9-11-24-20(17-21)10-12-27(34-2)28(24)30;/h5-7,9-12,17-18,26H,3-4,8,13-16H2,1-2H3;1H. The van der Waals surface area contributed by atoms with Crippen molar-refractivity contribution in [3.8, 4) is 5.75 Å². The van der Waals surface area contributed by atoms with Crippen molar-refractivity contribution in [1.82, 2.24) is 4.90 Å². The van der Waals surface area contributed by atoms with E-state index >= 15 is 0 Å². The van der Waals surface area contributed by atoms with Gasteiger partial charge in [-0.2, -0.15) is 0 Å². The van der Waals surface area contributed by atoms with E-state index in [0.29, 0.717) is 10.8 Å². The van der Waals surface area contributed by atoms with Gasteiger partial charge < -0.3 is 9.64 Å². The van der Waals surface area contributed by atoms with Crippen molar-refractivity contribution in [2.24, 2.45) is 0 Å². The zero-order chi connectivity index (χ0) is 24.1. The molecule has 0 amide bonds. The van der Waals surface area contributed by atoms with Crippen molar-refractivity contribution in [2.75, 3.05) is 38.2 Å². The molecule has 4 rings (SSSR count). The molecule has 0 spiro atoms. The molecule has 3 aromatic rings. The van der Waals surface area contributed by atoms with Gasteiger partial charge in [0.1, 0.15) is 11.7 Å². The fourth-order valence-corrected chi connectivity index (χ4v) is 5.28. The normalized spacial score (nSPS) is 14.8. The number of hydrogen-bond donors (Lipinski definition) is 0. The van der Waals surface area contributed by atoms with Gasteiger partial charge in [-0.3, -0.25) is 4.90 Å². The van der Waals surface area contributed by atoms with E-state index in [1.165, 1.54) is 0 Å². The van der Waals surface area contributed by atoms with Crippen LogP contribution in [0, 0.1) is 0 Å².